The molecule has 1 heterocycles. The highest BCUT2D eigenvalue weighted by Crippen LogP contribution is 2.31. The molecule has 0 aliphatic heterocycles. The van der Waals surface area contributed by atoms with Crippen LogP contribution < -0.4 is 5.73 Å². The largest absolute Gasteiger partial charge is 0.394 e. The molecule has 0 bridgehead atoms. The van der Waals surface area contributed by atoms with Crippen LogP contribution >= 0.6 is 34.7 Å². The molecule has 0 radical (unpaired) electrons. The minimum absolute atomic E-state index is 0.0137. The Morgan fingerprint density at radius 1 is 1.73 bits per heavy atom. The summed E-state index contributed by atoms with van der Waals surface area (Å²) < 4.78 is 1.79. The predicted octanol–water partition coefficient (Wildman–Crippen LogP) is 1.77. The van der Waals surface area contributed by atoms with Gasteiger partial charge in [-0.15, -0.1) is 11.3 Å². The second kappa shape index (κ2) is 4.33. The summed E-state index contributed by atoms with van der Waals surface area (Å²) in [6.45, 7) is -0.0137. The fourth-order valence-corrected chi connectivity index (χ4v) is 2.81. The molecule has 62 valence electrons. The lowest BCUT2D eigenvalue weighted by Gasteiger charge is -2.03. The van der Waals surface area contributed by atoms with E-state index in [2.05, 4.69) is 0 Å². The van der Waals surface area contributed by atoms with E-state index in [0.717, 1.165) is 8.55 Å². The topological polar surface area (TPSA) is 46.2 Å². The van der Waals surface area contributed by atoms with Gasteiger partial charge in [-0.25, -0.2) is 0 Å². The molecule has 0 aromatic carbocycles. The van der Waals surface area contributed by atoms with Crippen molar-refractivity contribution < 1.29 is 5.11 Å². The molecule has 11 heavy (non-hydrogen) atoms. The molecule has 1 atom stereocenters. The number of hydrogen-bond acceptors (Lipinski definition) is 4. The van der Waals surface area contributed by atoms with Crippen LogP contribution in [-0.2, 0) is 0 Å². The maximum atomic E-state index is 8.63. The molecule has 5 heteroatoms. The first-order chi connectivity index (χ1) is 5.22. The zero-order chi connectivity index (χ0) is 8.27. The van der Waals surface area contributed by atoms with E-state index in [1.54, 1.807) is 0 Å². The molecule has 1 rings (SSSR count). The summed E-state index contributed by atoms with van der Waals surface area (Å²) in [4.78, 5) is 0. The van der Waals surface area contributed by atoms with Crippen molar-refractivity contribution in [2.24, 2.45) is 5.73 Å². The summed E-state index contributed by atoms with van der Waals surface area (Å²) in [7, 11) is 0. The first kappa shape index (κ1) is 9.35. The molecule has 2 nitrogen and oxygen atoms in total. The lowest BCUT2D eigenvalue weighted by Crippen LogP contribution is -2.19. The van der Waals surface area contributed by atoms with Crippen molar-refractivity contribution in [2.45, 2.75) is 9.58 Å². The van der Waals surface area contributed by atoms with Crippen molar-refractivity contribution in [1.82, 2.24) is 0 Å². The molecule has 0 fully saturated rings. The van der Waals surface area contributed by atoms with Crippen molar-refractivity contribution in [3.05, 3.63) is 16.5 Å². The molecule has 3 N–H and O–H groups in total. The number of hydrogen-bond donors (Lipinski definition) is 2. The minimum atomic E-state index is -0.246. The Morgan fingerprint density at radius 2 is 2.45 bits per heavy atom. The first-order valence-corrected chi connectivity index (χ1v) is 5.08. The van der Waals surface area contributed by atoms with Crippen molar-refractivity contribution in [2.75, 3.05) is 6.61 Å². The number of halogens is 1. The fourth-order valence-electron chi connectivity index (χ4n) is 0.548. The lowest BCUT2D eigenvalue weighted by atomic mass is 10.7. The number of nitrogens with two attached hydrogens (primary N) is 1. The number of aliphatic hydroxyl groups is 1. The van der Waals surface area contributed by atoms with Gasteiger partial charge >= 0.3 is 0 Å². The van der Waals surface area contributed by atoms with Gasteiger partial charge in [0.15, 0.2) is 0 Å². The maximum Gasteiger partial charge on any atom is 0.0940 e. The van der Waals surface area contributed by atoms with Gasteiger partial charge in [-0.2, -0.15) is 0 Å². The minimum Gasteiger partial charge on any atom is -0.394 e. The molecule has 0 aliphatic rings. The van der Waals surface area contributed by atoms with Crippen LogP contribution in [0.3, 0.4) is 0 Å². The Kier molecular flexibility index (Phi) is 3.68. The highest BCUT2D eigenvalue weighted by Gasteiger charge is 2.04. The molecule has 0 spiro atoms. The average Bonchev–Trinajstić information content (AvgIpc) is 2.35. The molecule has 1 aromatic rings. The zero-order valence-electron chi connectivity index (χ0n) is 5.66. The number of thiophene rings is 1. The third-order valence-corrected chi connectivity index (χ3v) is 3.38. The molecular formula is C6H8ClNOS2. The van der Waals surface area contributed by atoms with E-state index in [-0.39, 0.29) is 12.0 Å². The summed E-state index contributed by atoms with van der Waals surface area (Å²) in [6.07, 6.45) is 0. The van der Waals surface area contributed by atoms with E-state index in [9.17, 15) is 0 Å². The van der Waals surface area contributed by atoms with Crippen molar-refractivity contribution >= 4 is 34.7 Å². The van der Waals surface area contributed by atoms with Gasteiger partial charge in [0.05, 0.1) is 20.5 Å². The van der Waals surface area contributed by atoms with Crippen LogP contribution in [0, 0.1) is 0 Å². The van der Waals surface area contributed by atoms with Crippen LogP contribution in [0.1, 0.15) is 0 Å². The van der Waals surface area contributed by atoms with Crippen molar-refractivity contribution in [1.29, 1.82) is 0 Å². The molecule has 1 aromatic heterocycles. The van der Waals surface area contributed by atoms with Gasteiger partial charge in [-0.1, -0.05) is 23.4 Å². The number of thioether (sulfide) groups is 1. The van der Waals surface area contributed by atoms with Gasteiger partial charge in [0, 0.05) is 0 Å². The van der Waals surface area contributed by atoms with Crippen LogP contribution in [-0.4, -0.2) is 17.1 Å². The summed E-state index contributed by atoms with van der Waals surface area (Å²) in [5.41, 5.74) is 5.49. The monoisotopic (exact) mass is 209 g/mol. The second-order valence-electron chi connectivity index (χ2n) is 1.90. The SMILES string of the molecule is NC(CO)Sc1ccc(Cl)s1. The van der Waals surface area contributed by atoms with Gasteiger partial charge in [0.1, 0.15) is 0 Å². The van der Waals surface area contributed by atoms with E-state index in [1.807, 2.05) is 12.1 Å². The zero-order valence-corrected chi connectivity index (χ0v) is 8.05. The third-order valence-electron chi connectivity index (χ3n) is 0.996. The molecule has 0 amide bonds. The third kappa shape index (κ3) is 3.01. The van der Waals surface area contributed by atoms with Crippen LogP contribution in [0.2, 0.25) is 4.34 Å². The van der Waals surface area contributed by atoms with E-state index < -0.39 is 0 Å². The van der Waals surface area contributed by atoms with E-state index in [4.69, 9.17) is 22.4 Å². The standard InChI is InChI=1S/C6H8ClNOS2/c7-4-1-2-6(10-4)11-5(8)3-9/h1-2,5,9H,3,8H2. The second-order valence-corrected chi connectivity index (χ2v) is 5.15. The van der Waals surface area contributed by atoms with Gasteiger partial charge < -0.3 is 10.8 Å². The molecule has 0 aliphatic carbocycles. The Hall–Kier alpha value is 0.260. The van der Waals surface area contributed by atoms with Gasteiger partial charge in [-0.3, -0.25) is 0 Å². The van der Waals surface area contributed by atoms with Crippen molar-refractivity contribution in [3.63, 3.8) is 0 Å². The van der Waals surface area contributed by atoms with E-state index in [0.29, 0.717) is 0 Å². The quantitative estimate of drug-likeness (QED) is 0.589. The van der Waals surface area contributed by atoms with Gasteiger partial charge in [0.2, 0.25) is 0 Å². The van der Waals surface area contributed by atoms with Crippen LogP contribution in [0.25, 0.3) is 0 Å². The van der Waals surface area contributed by atoms with Crippen LogP contribution in [0.5, 0.6) is 0 Å². The normalized spacial score (nSPS) is 13.4. The maximum absolute atomic E-state index is 8.63. The summed E-state index contributed by atoms with van der Waals surface area (Å²) in [5.74, 6) is 0. The summed E-state index contributed by atoms with van der Waals surface area (Å²) >= 11 is 8.58. The fraction of sp³-hybridized carbons (Fsp3) is 0.333. The van der Waals surface area contributed by atoms with Gasteiger partial charge in [-0.05, 0) is 12.1 Å². The Labute approximate surface area is 78.4 Å². The van der Waals surface area contributed by atoms with Crippen LogP contribution in [0.15, 0.2) is 16.3 Å². The average molecular weight is 210 g/mol. The molecule has 1 unspecified atom stereocenters. The summed E-state index contributed by atoms with van der Waals surface area (Å²) in [5, 5.41) is 8.38. The Morgan fingerprint density at radius 3 is 2.91 bits per heavy atom. The van der Waals surface area contributed by atoms with Gasteiger partial charge in [0.25, 0.3) is 0 Å². The molecular weight excluding hydrogens is 202 g/mol. The summed E-state index contributed by atoms with van der Waals surface area (Å²) in [6, 6.07) is 3.71. The smallest absolute Gasteiger partial charge is 0.0940 e. The van der Waals surface area contributed by atoms with E-state index in [1.165, 1.54) is 23.1 Å². The predicted molar refractivity (Wildman–Crippen MR) is 50.2 cm³/mol. The molecule has 0 saturated carbocycles. The van der Waals surface area contributed by atoms with E-state index >= 15 is 0 Å². The van der Waals surface area contributed by atoms with Crippen molar-refractivity contribution in [3.8, 4) is 0 Å². The number of aliphatic hydroxyl groups excluding tert-OH is 1. The molecule has 0 saturated heterocycles. The highest BCUT2D eigenvalue weighted by molar-refractivity contribution is 8.01. The Balaban J connectivity index is 2.50. The highest BCUT2D eigenvalue weighted by atomic mass is 35.5. The van der Waals surface area contributed by atoms with Crippen LogP contribution in [0.4, 0.5) is 0 Å². The Bertz CT molecular complexity index is 228. The first-order valence-electron chi connectivity index (χ1n) is 3.01. The lowest BCUT2D eigenvalue weighted by molar-refractivity contribution is 0.296. The number of rotatable bonds is 3.